The summed E-state index contributed by atoms with van der Waals surface area (Å²) in [6.07, 6.45) is 7.96. The number of hydrogen-bond acceptors (Lipinski definition) is 4. The molecule has 1 aliphatic heterocycles. The number of nitrogens with zero attached hydrogens (tertiary/aromatic N) is 2. The number of halogens is 1. The summed E-state index contributed by atoms with van der Waals surface area (Å²) >= 11 is 5.79. The molecule has 1 aromatic rings. The Kier molecular flexibility index (Phi) is 7.62. The van der Waals surface area contributed by atoms with Crippen molar-refractivity contribution in [2.75, 3.05) is 19.7 Å². The van der Waals surface area contributed by atoms with Gasteiger partial charge in [0, 0.05) is 18.8 Å². The first-order chi connectivity index (χ1) is 11.1. The number of carbonyl (C=O) groups excluding carboxylic acids is 1. The van der Waals surface area contributed by atoms with Gasteiger partial charge in [-0.05, 0) is 56.8 Å². The van der Waals surface area contributed by atoms with Crippen molar-refractivity contribution in [2.45, 2.75) is 50.4 Å². The molecule has 1 atom stereocenters. The molecule has 0 bridgehead atoms. The second-order valence-corrected chi connectivity index (χ2v) is 6.58. The van der Waals surface area contributed by atoms with E-state index in [1.807, 2.05) is 12.1 Å². The van der Waals surface area contributed by atoms with Gasteiger partial charge in [0.1, 0.15) is 5.38 Å². The van der Waals surface area contributed by atoms with E-state index in [-0.39, 0.29) is 0 Å². The third-order valence-corrected chi connectivity index (χ3v) is 4.50. The lowest BCUT2D eigenvalue weighted by Crippen LogP contribution is -2.29. The number of amides is 1. The number of alkyl halides is 1. The van der Waals surface area contributed by atoms with Gasteiger partial charge < -0.3 is 10.5 Å². The van der Waals surface area contributed by atoms with Crippen molar-refractivity contribution in [1.82, 2.24) is 9.88 Å². The van der Waals surface area contributed by atoms with Gasteiger partial charge in [0.05, 0.1) is 6.61 Å². The van der Waals surface area contributed by atoms with Crippen molar-refractivity contribution in [3.8, 4) is 5.88 Å². The van der Waals surface area contributed by atoms with Crippen LogP contribution in [0.3, 0.4) is 0 Å². The molecular weight excluding hydrogens is 314 g/mol. The SMILES string of the molecule is NC(=O)C(Cl)CCCCOc1cc(CN2CCCCC2)ccn1. The van der Waals surface area contributed by atoms with E-state index >= 15 is 0 Å². The molecule has 5 nitrogen and oxygen atoms in total. The fourth-order valence-corrected chi connectivity index (χ4v) is 2.90. The normalized spacial score (nSPS) is 16.9. The first kappa shape index (κ1) is 18.0. The number of rotatable bonds is 9. The topological polar surface area (TPSA) is 68.5 Å². The molecule has 1 aromatic heterocycles. The molecule has 0 spiro atoms. The van der Waals surface area contributed by atoms with E-state index in [1.54, 1.807) is 6.20 Å². The zero-order valence-corrected chi connectivity index (χ0v) is 14.3. The molecule has 0 saturated carbocycles. The predicted octanol–water partition coefficient (Wildman–Crippen LogP) is 2.71. The van der Waals surface area contributed by atoms with E-state index in [2.05, 4.69) is 9.88 Å². The van der Waals surface area contributed by atoms with E-state index in [1.165, 1.54) is 37.9 Å². The highest BCUT2D eigenvalue weighted by Gasteiger charge is 2.11. The largest absolute Gasteiger partial charge is 0.478 e. The van der Waals surface area contributed by atoms with Gasteiger partial charge in [0.25, 0.3) is 0 Å². The second-order valence-electron chi connectivity index (χ2n) is 6.05. The zero-order chi connectivity index (χ0) is 16.5. The lowest BCUT2D eigenvalue weighted by Gasteiger charge is -2.26. The molecule has 2 rings (SSSR count). The van der Waals surface area contributed by atoms with Crippen molar-refractivity contribution in [3.05, 3.63) is 23.9 Å². The number of unbranched alkanes of at least 4 members (excludes halogenated alkanes) is 1. The van der Waals surface area contributed by atoms with E-state index in [9.17, 15) is 4.79 Å². The van der Waals surface area contributed by atoms with E-state index in [4.69, 9.17) is 22.1 Å². The van der Waals surface area contributed by atoms with Crippen molar-refractivity contribution in [2.24, 2.45) is 5.73 Å². The first-order valence-corrected chi connectivity index (χ1v) is 8.82. The Labute approximate surface area is 143 Å². The number of pyridine rings is 1. The molecule has 128 valence electrons. The monoisotopic (exact) mass is 339 g/mol. The summed E-state index contributed by atoms with van der Waals surface area (Å²) < 4.78 is 5.69. The predicted molar refractivity (Wildman–Crippen MR) is 91.5 cm³/mol. The average molecular weight is 340 g/mol. The molecule has 2 heterocycles. The smallest absolute Gasteiger partial charge is 0.235 e. The fourth-order valence-electron chi connectivity index (χ4n) is 2.75. The fraction of sp³-hybridized carbons (Fsp3) is 0.647. The maximum absolute atomic E-state index is 10.8. The molecule has 2 N–H and O–H groups in total. The van der Waals surface area contributed by atoms with Gasteiger partial charge >= 0.3 is 0 Å². The minimum absolute atomic E-state index is 0.459. The van der Waals surface area contributed by atoms with Gasteiger partial charge in [-0.1, -0.05) is 6.42 Å². The summed E-state index contributed by atoms with van der Waals surface area (Å²) in [6.45, 7) is 3.89. The van der Waals surface area contributed by atoms with Gasteiger partial charge in [0.15, 0.2) is 0 Å². The third kappa shape index (κ3) is 6.75. The van der Waals surface area contributed by atoms with E-state index in [0.717, 1.165) is 19.4 Å². The maximum atomic E-state index is 10.8. The zero-order valence-electron chi connectivity index (χ0n) is 13.5. The van der Waals surface area contributed by atoms with E-state index < -0.39 is 11.3 Å². The number of hydrogen-bond donors (Lipinski definition) is 1. The molecule has 0 radical (unpaired) electrons. The molecule has 6 heteroatoms. The summed E-state index contributed by atoms with van der Waals surface area (Å²) in [5.41, 5.74) is 6.36. The highest BCUT2D eigenvalue weighted by Crippen LogP contribution is 2.16. The maximum Gasteiger partial charge on any atom is 0.235 e. The number of nitrogens with two attached hydrogens (primary N) is 1. The van der Waals surface area contributed by atoms with Gasteiger partial charge in [-0.15, -0.1) is 11.6 Å². The van der Waals surface area contributed by atoms with Crippen LogP contribution in [0.1, 0.15) is 44.1 Å². The van der Waals surface area contributed by atoms with Crippen LogP contribution in [-0.4, -0.2) is 40.9 Å². The Balaban J connectivity index is 1.69. The summed E-state index contributed by atoms with van der Waals surface area (Å²) in [7, 11) is 0. The summed E-state index contributed by atoms with van der Waals surface area (Å²) in [5.74, 6) is 0.205. The molecule has 23 heavy (non-hydrogen) atoms. The van der Waals surface area contributed by atoms with Crippen LogP contribution in [0.4, 0.5) is 0 Å². The van der Waals surface area contributed by atoms with Crippen molar-refractivity contribution >= 4 is 17.5 Å². The third-order valence-electron chi connectivity index (χ3n) is 4.06. The number of aromatic nitrogens is 1. The molecule has 1 fully saturated rings. The van der Waals surface area contributed by atoms with Crippen LogP contribution in [0.25, 0.3) is 0 Å². The quantitative estimate of drug-likeness (QED) is 0.555. The first-order valence-electron chi connectivity index (χ1n) is 8.38. The Hall–Kier alpha value is -1.33. The van der Waals surface area contributed by atoms with E-state index in [0.29, 0.717) is 18.9 Å². The molecule has 0 aromatic carbocycles. The van der Waals surface area contributed by atoms with Crippen LogP contribution in [0.15, 0.2) is 18.3 Å². The minimum atomic E-state index is -0.582. The van der Waals surface area contributed by atoms with Gasteiger partial charge in [-0.25, -0.2) is 4.98 Å². The number of primary amides is 1. The lowest BCUT2D eigenvalue weighted by atomic mass is 10.1. The number of carbonyl (C=O) groups is 1. The number of piperidine rings is 1. The standard InChI is InChI=1S/C17H26ClN3O2/c18-15(17(19)22)6-2-5-11-23-16-12-14(7-8-20-16)13-21-9-3-1-4-10-21/h7-8,12,15H,1-6,9-11,13H2,(H2,19,22). The molecule has 1 amide bonds. The van der Waals surface area contributed by atoms with Crippen LogP contribution in [0, 0.1) is 0 Å². The van der Waals surface area contributed by atoms with Gasteiger partial charge in [0.2, 0.25) is 11.8 Å². The molecular formula is C17H26ClN3O2. The Bertz CT molecular complexity index is 492. The van der Waals surface area contributed by atoms with Gasteiger partial charge in [-0.3, -0.25) is 9.69 Å². The van der Waals surface area contributed by atoms with Crippen LogP contribution in [-0.2, 0) is 11.3 Å². The molecule has 1 aliphatic rings. The van der Waals surface area contributed by atoms with Gasteiger partial charge in [-0.2, -0.15) is 0 Å². The molecule has 1 unspecified atom stereocenters. The summed E-state index contributed by atoms with van der Waals surface area (Å²) in [4.78, 5) is 17.6. The average Bonchev–Trinajstić information content (AvgIpc) is 2.55. The number of ether oxygens (including phenoxy) is 1. The molecule has 0 aliphatic carbocycles. The highest BCUT2D eigenvalue weighted by molar-refractivity contribution is 6.30. The van der Waals surface area contributed by atoms with Crippen LogP contribution in [0.5, 0.6) is 5.88 Å². The Morgan fingerprint density at radius 2 is 2.13 bits per heavy atom. The highest BCUT2D eigenvalue weighted by atomic mass is 35.5. The van der Waals surface area contributed by atoms with Crippen molar-refractivity contribution in [1.29, 1.82) is 0 Å². The molecule has 1 saturated heterocycles. The van der Waals surface area contributed by atoms with Crippen molar-refractivity contribution < 1.29 is 9.53 Å². The van der Waals surface area contributed by atoms with Crippen LogP contribution < -0.4 is 10.5 Å². The minimum Gasteiger partial charge on any atom is -0.478 e. The lowest BCUT2D eigenvalue weighted by molar-refractivity contribution is -0.117. The Morgan fingerprint density at radius 1 is 1.35 bits per heavy atom. The summed E-state index contributed by atoms with van der Waals surface area (Å²) in [5, 5.41) is -0.582. The summed E-state index contributed by atoms with van der Waals surface area (Å²) in [6, 6.07) is 4.06. The second kappa shape index (κ2) is 9.73. The Morgan fingerprint density at radius 3 is 2.87 bits per heavy atom. The van der Waals surface area contributed by atoms with Crippen molar-refractivity contribution in [3.63, 3.8) is 0 Å². The number of likely N-dealkylation sites (tertiary alicyclic amines) is 1. The van der Waals surface area contributed by atoms with Crippen LogP contribution in [0.2, 0.25) is 0 Å². The van der Waals surface area contributed by atoms with Crippen LogP contribution >= 0.6 is 11.6 Å².